The van der Waals surface area contributed by atoms with E-state index in [-0.39, 0.29) is 5.75 Å². The summed E-state index contributed by atoms with van der Waals surface area (Å²) < 4.78 is 33.1. The van der Waals surface area contributed by atoms with Gasteiger partial charge in [0.1, 0.15) is 5.75 Å². The molecule has 1 unspecified atom stereocenters. The Morgan fingerprint density at radius 3 is 2.48 bits per heavy atom. The fourth-order valence-corrected chi connectivity index (χ4v) is 4.36. The van der Waals surface area contributed by atoms with Crippen LogP contribution in [0.3, 0.4) is 0 Å². The molecular formula is C19H18N2O5S. The van der Waals surface area contributed by atoms with Gasteiger partial charge in [0.25, 0.3) is 5.69 Å². The lowest BCUT2D eigenvalue weighted by atomic mass is 10.0. The van der Waals surface area contributed by atoms with Crippen LogP contribution in [0.5, 0.6) is 5.75 Å². The average Bonchev–Trinajstić information content (AvgIpc) is 2.66. The summed E-state index contributed by atoms with van der Waals surface area (Å²) in [6, 6.07) is 16.3. The molecule has 3 aromatic carbocycles. The fourth-order valence-electron chi connectivity index (χ4n) is 2.98. The predicted octanol–water partition coefficient (Wildman–Crippen LogP) is 3.80. The van der Waals surface area contributed by atoms with Crippen LogP contribution >= 0.6 is 0 Å². The monoisotopic (exact) mass is 386 g/mol. The zero-order valence-electron chi connectivity index (χ0n) is 14.7. The maximum absolute atomic E-state index is 12.8. The van der Waals surface area contributed by atoms with Gasteiger partial charge in [0.05, 0.1) is 18.1 Å². The van der Waals surface area contributed by atoms with Crippen LogP contribution in [0, 0.1) is 10.1 Å². The zero-order chi connectivity index (χ0) is 19.6. The van der Waals surface area contributed by atoms with E-state index in [4.69, 9.17) is 4.74 Å². The number of fused-ring (bicyclic) bond motifs is 1. The van der Waals surface area contributed by atoms with Crippen LogP contribution in [0.4, 0.5) is 5.69 Å². The Morgan fingerprint density at radius 2 is 1.78 bits per heavy atom. The second-order valence-corrected chi connectivity index (χ2v) is 7.68. The Labute approximate surface area is 156 Å². The van der Waals surface area contributed by atoms with Gasteiger partial charge >= 0.3 is 0 Å². The minimum Gasteiger partial charge on any atom is -0.497 e. The molecule has 8 heteroatoms. The number of nitrogens with zero attached hydrogens (tertiary/aromatic N) is 1. The van der Waals surface area contributed by atoms with E-state index >= 15 is 0 Å². The molecule has 0 saturated carbocycles. The number of ether oxygens (including phenoxy) is 1. The van der Waals surface area contributed by atoms with Crippen molar-refractivity contribution >= 4 is 26.5 Å². The molecule has 0 amide bonds. The van der Waals surface area contributed by atoms with E-state index in [9.17, 15) is 18.5 Å². The minimum absolute atomic E-state index is 0.211. The maximum atomic E-state index is 12.8. The van der Waals surface area contributed by atoms with Crippen molar-refractivity contribution in [3.63, 3.8) is 0 Å². The summed E-state index contributed by atoms with van der Waals surface area (Å²) >= 11 is 0. The van der Waals surface area contributed by atoms with E-state index in [0.29, 0.717) is 0 Å². The Hall–Kier alpha value is -2.97. The Bertz CT molecular complexity index is 1110. The molecule has 0 spiro atoms. The van der Waals surface area contributed by atoms with Crippen LogP contribution in [0.2, 0.25) is 0 Å². The molecule has 0 aromatic heterocycles. The molecule has 0 bridgehead atoms. The number of nitro groups is 1. The lowest BCUT2D eigenvalue weighted by Gasteiger charge is -2.17. The largest absolute Gasteiger partial charge is 0.497 e. The van der Waals surface area contributed by atoms with Gasteiger partial charge < -0.3 is 4.74 Å². The van der Waals surface area contributed by atoms with Crippen LogP contribution in [-0.4, -0.2) is 20.5 Å². The van der Waals surface area contributed by atoms with Gasteiger partial charge in [0.2, 0.25) is 10.0 Å². The first kappa shape index (κ1) is 18.8. The van der Waals surface area contributed by atoms with Crippen molar-refractivity contribution in [1.82, 2.24) is 4.72 Å². The molecule has 140 valence electrons. The molecule has 0 aliphatic heterocycles. The van der Waals surface area contributed by atoms with E-state index in [1.165, 1.54) is 19.2 Å². The summed E-state index contributed by atoms with van der Waals surface area (Å²) in [4.78, 5) is 10.2. The van der Waals surface area contributed by atoms with Crippen LogP contribution in [0.25, 0.3) is 10.8 Å². The highest BCUT2D eigenvalue weighted by atomic mass is 32.2. The molecule has 0 fully saturated rings. The van der Waals surface area contributed by atoms with Crippen molar-refractivity contribution in [2.24, 2.45) is 0 Å². The summed E-state index contributed by atoms with van der Waals surface area (Å²) in [5, 5.41) is 13.2. The third-order valence-electron chi connectivity index (χ3n) is 4.27. The van der Waals surface area contributed by atoms with E-state index in [1.54, 1.807) is 6.92 Å². The summed E-state index contributed by atoms with van der Waals surface area (Å²) in [7, 11) is -2.77. The van der Waals surface area contributed by atoms with E-state index in [0.717, 1.165) is 22.4 Å². The van der Waals surface area contributed by atoms with Gasteiger partial charge in [-0.3, -0.25) is 10.1 Å². The molecule has 0 aliphatic rings. The Balaban J connectivity index is 2.00. The number of methoxy groups -OCH3 is 1. The smallest absolute Gasteiger partial charge is 0.293 e. The van der Waals surface area contributed by atoms with Gasteiger partial charge in [-0.2, -0.15) is 0 Å². The van der Waals surface area contributed by atoms with Crippen molar-refractivity contribution in [1.29, 1.82) is 0 Å². The Morgan fingerprint density at radius 1 is 1.07 bits per heavy atom. The molecule has 0 heterocycles. The van der Waals surface area contributed by atoms with Crippen molar-refractivity contribution in [2.45, 2.75) is 17.9 Å². The molecular weight excluding hydrogens is 368 g/mol. The lowest BCUT2D eigenvalue weighted by molar-refractivity contribution is -0.387. The molecule has 27 heavy (non-hydrogen) atoms. The molecule has 0 saturated heterocycles. The van der Waals surface area contributed by atoms with Crippen LogP contribution in [0.15, 0.2) is 65.6 Å². The van der Waals surface area contributed by atoms with E-state index < -0.39 is 31.6 Å². The number of hydrogen-bond acceptors (Lipinski definition) is 5. The summed E-state index contributed by atoms with van der Waals surface area (Å²) in [6.07, 6.45) is 0. The first-order valence-corrected chi connectivity index (χ1v) is 9.64. The molecule has 0 aliphatic carbocycles. The van der Waals surface area contributed by atoms with E-state index in [2.05, 4.69) is 4.72 Å². The average molecular weight is 386 g/mol. The van der Waals surface area contributed by atoms with Gasteiger partial charge in [-0.15, -0.1) is 0 Å². The number of nitro benzene ring substituents is 1. The van der Waals surface area contributed by atoms with Crippen molar-refractivity contribution in [3.8, 4) is 5.75 Å². The highest BCUT2D eigenvalue weighted by Crippen LogP contribution is 2.30. The molecule has 0 radical (unpaired) electrons. The predicted molar refractivity (Wildman–Crippen MR) is 102 cm³/mol. The summed E-state index contributed by atoms with van der Waals surface area (Å²) in [5.41, 5.74) is 0.250. The standard InChI is InChI=1S/C19H18N2O5S/c1-13(16-9-5-7-14-6-3-4-8-17(14)16)20-27(24,25)19-11-10-15(26-2)12-18(19)21(22)23/h3-13,20H,1-2H3. The molecule has 7 nitrogen and oxygen atoms in total. The van der Waals surface area contributed by atoms with Gasteiger partial charge in [0, 0.05) is 6.04 Å². The van der Waals surface area contributed by atoms with Gasteiger partial charge in [-0.25, -0.2) is 13.1 Å². The molecule has 1 N–H and O–H groups in total. The first-order chi connectivity index (χ1) is 12.8. The fraction of sp³-hybridized carbons (Fsp3) is 0.158. The van der Waals surface area contributed by atoms with Crippen LogP contribution < -0.4 is 9.46 Å². The summed E-state index contributed by atoms with van der Waals surface area (Å²) in [6.45, 7) is 1.70. The number of sulfonamides is 1. The minimum atomic E-state index is -4.12. The Kier molecular flexibility index (Phi) is 5.11. The van der Waals surface area contributed by atoms with Crippen LogP contribution in [-0.2, 0) is 10.0 Å². The van der Waals surface area contributed by atoms with Crippen molar-refractivity contribution < 1.29 is 18.1 Å². The summed E-state index contributed by atoms with van der Waals surface area (Å²) in [5.74, 6) is 0.211. The normalized spacial score (nSPS) is 12.7. The highest BCUT2D eigenvalue weighted by molar-refractivity contribution is 7.89. The molecule has 3 rings (SSSR count). The highest BCUT2D eigenvalue weighted by Gasteiger charge is 2.28. The van der Waals surface area contributed by atoms with Crippen LogP contribution in [0.1, 0.15) is 18.5 Å². The number of rotatable bonds is 6. The number of benzene rings is 3. The van der Waals surface area contributed by atoms with Gasteiger partial charge in [-0.05, 0) is 35.4 Å². The third kappa shape index (κ3) is 3.76. The maximum Gasteiger partial charge on any atom is 0.293 e. The first-order valence-electron chi connectivity index (χ1n) is 8.16. The van der Waals surface area contributed by atoms with Gasteiger partial charge in [-0.1, -0.05) is 42.5 Å². The number of nitrogens with one attached hydrogen (secondary N) is 1. The van der Waals surface area contributed by atoms with Crippen molar-refractivity contribution in [2.75, 3.05) is 7.11 Å². The quantitative estimate of drug-likeness (QED) is 0.513. The third-order valence-corrected chi connectivity index (χ3v) is 5.86. The SMILES string of the molecule is COc1ccc(S(=O)(=O)NC(C)c2cccc3ccccc23)c([N+](=O)[O-])c1. The number of hydrogen-bond donors (Lipinski definition) is 1. The lowest BCUT2D eigenvalue weighted by Crippen LogP contribution is -2.27. The topological polar surface area (TPSA) is 98.5 Å². The van der Waals surface area contributed by atoms with Gasteiger partial charge in [0.15, 0.2) is 4.90 Å². The molecule has 3 aromatic rings. The zero-order valence-corrected chi connectivity index (χ0v) is 15.6. The van der Waals surface area contributed by atoms with E-state index in [1.807, 2.05) is 42.5 Å². The molecule has 1 atom stereocenters. The second kappa shape index (κ2) is 7.34. The second-order valence-electron chi connectivity index (χ2n) is 6.00. The van der Waals surface area contributed by atoms with Crippen molar-refractivity contribution in [3.05, 3.63) is 76.3 Å².